The van der Waals surface area contributed by atoms with E-state index in [1.165, 1.54) is 0 Å². The molecule has 0 N–H and O–H groups in total. The third kappa shape index (κ3) is 2.18. The second kappa shape index (κ2) is 4.03. The second-order valence-electron chi connectivity index (χ2n) is 2.49. The van der Waals surface area contributed by atoms with Gasteiger partial charge < -0.3 is 0 Å². The highest BCUT2D eigenvalue weighted by Gasteiger charge is 1.96. The van der Waals surface area contributed by atoms with Crippen molar-refractivity contribution >= 4 is 16.4 Å². The average molecular weight is 178 g/mol. The Morgan fingerprint density at radius 2 is 2.00 bits per heavy atom. The first-order valence-corrected chi connectivity index (χ1v) is 5.52. The van der Waals surface area contributed by atoms with E-state index >= 15 is 0 Å². The molecule has 0 aliphatic heterocycles. The summed E-state index contributed by atoms with van der Waals surface area (Å²) in [4.78, 5) is 0. The number of hydrogen-bond donors (Lipinski definition) is 0. The number of benzene rings is 1. The summed E-state index contributed by atoms with van der Waals surface area (Å²) in [6.07, 6.45) is 4.04. The SMILES string of the molecule is CS(C)=Nc1ccccc1C#N. The van der Waals surface area contributed by atoms with Gasteiger partial charge in [0.25, 0.3) is 0 Å². The molecular weight excluding hydrogens is 168 g/mol. The van der Waals surface area contributed by atoms with Gasteiger partial charge in [0.05, 0.1) is 11.3 Å². The predicted molar refractivity (Wildman–Crippen MR) is 52.5 cm³/mol. The van der Waals surface area contributed by atoms with E-state index in [0.29, 0.717) is 5.56 Å². The van der Waals surface area contributed by atoms with Crippen LogP contribution in [0.4, 0.5) is 5.69 Å². The van der Waals surface area contributed by atoms with Gasteiger partial charge >= 0.3 is 0 Å². The van der Waals surface area contributed by atoms with Crippen molar-refractivity contribution in [1.29, 1.82) is 5.26 Å². The summed E-state index contributed by atoms with van der Waals surface area (Å²) in [6.45, 7) is 0. The Balaban J connectivity index is 3.17. The van der Waals surface area contributed by atoms with E-state index in [0.717, 1.165) is 5.69 Å². The predicted octanol–water partition coefficient (Wildman–Crippen LogP) is 2.25. The Kier molecular flexibility index (Phi) is 3.01. The lowest BCUT2D eigenvalue weighted by atomic mass is 10.2. The summed E-state index contributed by atoms with van der Waals surface area (Å²) in [7, 11) is -0.00454. The van der Waals surface area contributed by atoms with Crippen LogP contribution in [0.2, 0.25) is 0 Å². The summed E-state index contributed by atoms with van der Waals surface area (Å²) < 4.78 is 4.34. The molecule has 62 valence electrons. The minimum absolute atomic E-state index is 0.00454. The van der Waals surface area contributed by atoms with Crippen LogP contribution in [-0.4, -0.2) is 12.5 Å². The molecule has 0 atom stereocenters. The van der Waals surface area contributed by atoms with E-state index in [-0.39, 0.29) is 10.7 Å². The van der Waals surface area contributed by atoms with E-state index in [9.17, 15) is 0 Å². The monoisotopic (exact) mass is 178 g/mol. The summed E-state index contributed by atoms with van der Waals surface area (Å²) in [6, 6.07) is 9.51. The summed E-state index contributed by atoms with van der Waals surface area (Å²) in [5.41, 5.74) is 1.45. The van der Waals surface area contributed by atoms with Crippen molar-refractivity contribution in [1.82, 2.24) is 0 Å². The molecule has 0 saturated carbocycles. The molecule has 3 heteroatoms. The minimum Gasteiger partial charge on any atom is -0.227 e. The van der Waals surface area contributed by atoms with Crippen molar-refractivity contribution in [3.63, 3.8) is 0 Å². The van der Waals surface area contributed by atoms with Crippen LogP contribution >= 0.6 is 0 Å². The molecule has 1 aromatic rings. The Bertz CT molecular complexity index is 346. The van der Waals surface area contributed by atoms with Crippen LogP contribution in [0.15, 0.2) is 28.6 Å². The van der Waals surface area contributed by atoms with Gasteiger partial charge in [-0.3, -0.25) is 0 Å². The first-order chi connectivity index (χ1) is 5.74. The molecule has 0 radical (unpaired) electrons. The van der Waals surface area contributed by atoms with E-state index in [4.69, 9.17) is 5.26 Å². The van der Waals surface area contributed by atoms with Gasteiger partial charge in [-0.05, 0) is 24.6 Å². The summed E-state index contributed by atoms with van der Waals surface area (Å²) >= 11 is 0. The van der Waals surface area contributed by atoms with Gasteiger partial charge in [0.1, 0.15) is 6.07 Å². The smallest absolute Gasteiger partial charge is 0.101 e. The highest BCUT2D eigenvalue weighted by molar-refractivity contribution is 7.85. The topological polar surface area (TPSA) is 36.1 Å². The number of hydrogen-bond acceptors (Lipinski definition) is 2. The number of rotatable bonds is 1. The van der Waals surface area contributed by atoms with E-state index in [2.05, 4.69) is 10.4 Å². The maximum atomic E-state index is 8.72. The van der Waals surface area contributed by atoms with Crippen LogP contribution in [0.1, 0.15) is 5.56 Å². The fourth-order valence-electron chi connectivity index (χ4n) is 0.844. The standard InChI is InChI=1S/C9H10N2S/c1-12(2)11-9-6-4-3-5-8(9)7-10/h3-6H,1-2H3. The van der Waals surface area contributed by atoms with Gasteiger partial charge in [0, 0.05) is 0 Å². The molecule has 12 heavy (non-hydrogen) atoms. The lowest BCUT2D eigenvalue weighted by Crippen LogP contribution is -1.79. The fourth-order valence-corrected chi connectivity index (χ4v) is 1.40. The Morgan fingerprint density at radius 3 is 2.58 bits per heavy atom. The van der Waals surface area contributed by atoms with Crippen LogP contribution in [-0.2, 0) is 10.7 Å². The maximum Gasteiger partial charge on any atom is 0.101 e. The van der Waals surface area contributed by atoms with Gasteiger partial charge in [-0.2, -0.15) is 5.26 Å². The molecule has 0 amide bonds. The number of nitriles is 1. The Morgan fingerprint density at radius 1 is 1.33 bits per heavy atom. The van der Waals surface area contributed by atoms with Gasteiger partial charge in [-0.15, -0.1) is 10.7 Å². The van der Waals surface area contributed by atoms with Crippen LogP contribution in [0.5, 0.6) is 0 Å². The van der Waals surface area contributed by atoms with E-state index in [1.807, 2.05) is 30.7 Å². The molecule has 0 aliphatic carbocycles. The average Bonchev–Trinajstić information content (AvgIpc) is 2.04. The van der Waals surface area contributed by atoms with Crippen LogP contribution in [0, 0.1) is 11.3 Å². The highest BCUT2D eigenvalue weighted by Crippen LogP contribution is 2.17. The molecular formula is C9H10N2S. The summed E-state index contributed by atoms with van der Waals surface area (Å²) in [5, 5.41) is 8.72. The molecule has 0 saturated heterocycles. The lowest BCUT2D eigenvalue weighted by Gasteiger charge is -1.96. The van der Waals surface area contributed by atoms with Gasteiger partial charge in [0.15, 0.2) is 0 Å². The van der Waals surface area contributed by atoms with Crippen molar-refractivity contribution in [2.45, 2.75) is 0 Å². The molecule has 0 unspecified atom stereocenters. The maximum absolute atomic E-state index is 8.72. The van der Waals surface area contributed by atoms with Gasteiger partial charge in [0.2, 0.25) is 0 Å². The summed E-state index contributed by atoms with van der Waals surface area (Å²) in [5.74, 6) is 0. The van der Waals surface area contributed by atoms with Crippen molar-refractivity contribution in [3.8, 4) is 6.07 Å². The molecule has 0 fully saturated rings. The molecule has 0 bridgehead atoms. The van der Waals surface area contributed by atoms with E-state index in [1.54, 1.807) is 6.07 Å². The lowest BCUT2D eigenvalue weighted by molar-refractivity contribution is 1.45. The zero-order valence-electron chi connectivity index (χ0n) is 7.11. The van der Waals surface area contributed by atoms with E-state index < -0.39 is 0 Å². The quantitative estimate of drug-likeness (QED) is 0.649. The molecule has 1 rings (SSSR count). The second-order valence-corrected chi connectivity index (χ2v) is 4.22. The molecule has 0 heterocycles. The normalized spacial score (nSPS) is 9.50. The van der Waals surface area contributed by atoms with Crippen molar-refractivity contribution in [2.75, 3.05) is 12.5 Å². The molecule has 0 spiro atoms. The Hall–Kier alpha value is -1.14. The molecule has 0 aromatic heterocycles. The first kappa shape index (κ1) is 8.95. The first-order valence-electron chi connectivity index (χ1n) is 3.52. The van der Waals surface area contributed by atoms with Crippen molar-refractivity contribution in [3.05, 3.63) is 29.8 Å². The zero-order valence-corrected chi connectivity index (χ0v) is 7.93. The largest absolute Gasteiger partial charge is 0.227 e. The third-order valence-corrected chi connectivity index (χ3v) is 1.87. The van der Waals surface area contributed by atoms with Gasteiger partial charge in [-0.1, -0.05) is 12.1 Å². The molecule has 1 aromatic carbocycles. The zero-order chi connectivity index (χ0) is 8.97. The Labute approximate surface area is 74.9 Å². The third-order valence-electron chi connectivity index (χ3n) is 1.31. The fraction of sp³-hybridized carbons (Fsp3) is 0.222. The van der Waals surface area contributed by atoms with Crippen LogP contribution < -0.4 is 0 Å². The molecule has 2 nitrogen and oxygen atoms in total. The van der Waals surface area contributed by atoms with Crippen LogP contribution in [0.25, 0.3) is 0 Å². The van der Waals surface area contributed by atoms with Gasteiger partial charge in [-0.25, -0.2) is 4.36 Å². The molecule has 0 aliphatic rings. The minimum atomic E-state index is -0.00454. The van der Waals surface area contributed by atoms with Crippen molar-refractivity contribution in [2.24, 2.45) is 4.36 Å². The van der Waals surface area contributed by atoms with Crippen molar-refractivity contribution < 1.29 is 0 Å². The van der Waals surface area contributed by atoms with Crippen LogP contribution in [0.3, 0.4) is 0 Å². The number of nitrogens with zero attached hydrogens (tertiary/aromatic N) is 2. The highest BCUT2D eigenvalue weighted by atomic mass is 32.2.